The van der Waals surface area contributed by atoms with Gasteiger partial charge >= 0.3 is 0 Å². The SMILES string of the molecule is CN(Cc1ncn[nH]1)S(=O)(=O)c1cc(F)ccc1N. The van der Waals surface area contributed by atoms with Gasteiger partial charge in [-0.15, -0.1) is 0 Å². The van der Waals surface area contributed by atoms with Crippen molar-refractivity contribution < 1.29 is 12.8 Å². The first kappa shape index (κ1) is 13.4. The summed E-state index contributed by atoms with van der Waals surface area (Å²) in [7, 11) is -2.54. The number of aromatic amines is 1. The molecule has 9 heteroatoms. The van der Waals surface area contributed by atoms with Crippen molar-refractivity contribution in [2.45, 2.75) is 11.4 Å². The molecule has 0 aliphatic carbocycles. The average Bonchev–Trinajstić information content (AvgIpc) is 2.85. The molecule has 7 nitrogen and oxygen atoms in total. The van der Waals surface area contributed by atoms with Gasteiger partial charge in [-0.1, -0.05) is 0 Å². The number of H-pyrrole nitrogens is 1. The highest BCUT2D eigenvalue weighted by molar-refractivity contribution is 7.89. The van der Waals surface area contributed by atoms with Gasteiger partial charge in [0.1, 0.15) is 22.9 Å². The van der Waals surface area contributed by atoms with Crippen LogP contribution in [0, 0.1) is 5.82 Å². The molecule has 0 saturated carbocycles. The van der Waals surface area contributed by atoms with Crippen LogP contribution in [0.3, 0.4) is 0 Å². The fourth-order valence-corrected chi connectivity index (χ4v) is 2.76. The maximum atomic E-state index is 13.2. The van der Waals surface area contributed by atoms with Crippen LogP contribution in [0.5, 0.6) is 0 Å². The smallest absolute Gasteiger partial charge is 0.245 e. The molecule has 2 aromatic rings. The fraction of sp³-hybridized carbons (Fsp3) is 0.200. The van der Waals surface area contributed by atoms with Gasteiger partial charge in [0, 0.05) is 7.05 Å². The van der Waals surface area contributed by atoms with Gasteiger partial charge in [0.2, 0.25) is 10.0 Å². The molecule has 0 aliphatic rings. The van der Waals surface area contributed by atoms with Crippen LogP contribution in [0.2, 0.25) is 0 Å². The van der Waals surface area contributed by atoms with Crippen molar-refractivity contribution in [2.24, 2.45) is 0 Å². The van der Waals surface area contributed by atoms with Gasteiger partial charge in [-0.2, -0.15) is 9.40 Å². The topological polar surface area (TPSA) is 105 Å². The van der Waals surface area contributed by atoms with Crippen molar-refractivity contribution in [3.63, 3.8) is 0 Å². The lowest BCUT2D eigenvalue weighted by Gasteiger charge is -2.17. The van der Waals surface area contributed by atoms with Gasteiger partial charge in [-0.3, -0.25) is 5.10 Å². The van der Waals surface area contributed by atoms with Crippen LogP contribution < -0.4 is 5.73 Å². The summed E-state index contributed by atoms with van der Waals surface area (Å²) < 4.78 is 38.7. The highest BCUT2D eigenvalue weighted by Gasteiger charge is 2.24. The van der Waals surface area contributed by atoms with Crippen LogP contribution in [-0.2, 0) is 16.6 Å². The molecule has 2 rings (SSSR count). The molecule has 0 aliphatic heterocycles. The summed E-state index contributed by atoms with van der Waals surface area (Å²) in [6.07, 6.45) is 1.27. The van der Waals surface area contributed by atoms with Gasteiger partial charge in [0.25, 0.3) is 0 Å². The normalized spacial score (nSPS) is 11.9. The summed E-state index contributed by atoms with van der Waals surface area (Å²) in [5, 5.41) is 6.16. The second-order valence-corrected chi connectivity index (χ2v) is 5.89. The van der Waals surface area contributed by atoms with Gasteiger partial charge in [-0.05, 0) is 18.2 Å². The van der Waals surface area contributed by atoms with Crippen molar-refractivity contribution in [3.05, 3.63) is 36.2 Å². The molecule has 102 valence electrons. The summed E-state index contributed by atoms with van der Waals surface area (Å²) in [4.78, 5) is 3.56. The molecule has 0 bridgehead atoms. The maximum Gasteiger partial charge on any atom is 0.245 e. The predicted molar refractivity (Wildman–Crippen MR) is 65.8 cm³/mol. The Morgan fingerprint density at radius 1 is 1.47 bits per heavy atom. The lowest BCUT2D eigenvalue weighted by molar-refractivity contribution is 0.457. The Morgan fingerprint density at radius 3 is 2.84 bits per heavy atom. The molecule has 0 spiro atoms. The van der Waals surface area contributed by atoms with Gasteiger partial charge in [0.15, 0.2) is 0 Å². The van der Waals surface area contributed by atoms with Crippen LogP contribution in [0.4, 0.5) is 10.1 Å². The number of nitrogens with two attached hydrogens (primary N) is 1. The summed E-state index contributed by atoms with van der Waals surface area (Å²) in [6.45, 7) is -0.0156. The summed E-state index contributed by atoms with van der Waals surface area (Å²) in [6, 6.07) is 3.21. The highest BCUT2D eigenvalue weighted by atomic mass is 32.2. The van der Waals surface area contributed by atoms with Crippen molar-refractivity contribution in [3.8, 4) is 0 Å². The minimum absolute atomic E-state index is 0.00850. The number of nitrogen functional groups attached to an aromatic ring is 1. The van der Waals surface area contributed by atoms with E-state index in [9.17, 15) is 12.8 Å². The molecule has 0 unspecified atom stereocenters. The Hall–Kier alpha value is -2.00. The van der Waals surface area contributed by atoms with Crippen LogP contribution in [-0.4, -0.2) is 35.0 Å². The van der Waals surface area contributed by atoms with Crippen molar-refractivity contribution in [1.82, 2.24) is 19.5 Å². The van der Waals surface area contributed by atoms with Crippen LogP contribution in [0.25, 0.3) is 0 Å². The lowest BCUT2D eigenvalue weighted by Crippen LogP contribution is -2.27. The van der Waals surface area contributed by atoms with Crippen molar-refractivity contribution in [2.75, 3.05) is 12.8 Å². The number of hydrogen-bond acceptors (Lipinski definition) is 5. The van der Waals surface area contributed by atoms with E-state index in [2.05, 4.69) is 15.2 Å². The number of nitrogens with one attached hydrogen (secondary N) is 1. The number of hydrogen-bond donors (Lipinski definition) is 2. The van der Waals surface area contributed by atoms with Crippen molar-refractivity contribution >= 4 is 15.7 Å². The monoisotopic (exact) mass is 285 g/mol. The lowest BCUT2D eigenvalue weighted by atomic mass is 10.3. The molecule has 0 radical (unpaired) electrons. The third-order valence-corrected chi connectivity index (χ3v) is 4.36. The standard InChI is InChI=1S/C10H12FN5O2S/c1-16(5-10-13-6-14-15-10)19(17,18)9-4-7(11)2-3-8(9)12/h2-4,6H,5,12H2,1H3,(H,13,14,15). The molecule has 3 N–H and O–H groups in total. The molecule has 1 aromatic carbocycles. The number of aromatic nitrogens is 3. The third kappa shape index (κ3) is 2.71. The first-order valence-electron chi connectivity index (χ1n) is 5.27. The molecule has 0 saturated heterocycles. The predicted octanol–water partition coefficient (Wildman–Crippen LogP) is 0.347. The second kappa shape index (κ2) is 4.94. The van der Waals surface area contributed by atoms with E-state index in [0.29, 0.717) is 5.82 Å². The summed E-state index contributed by atoms with van der Waals surface area (Å²) >= 11 is 0. The Kier molecular flexibility index (Phi) is 3.49. The molecule has 1 aromatic heterocycles. The first-order chi connectivity index (χ1) is 8.91. The van der Waals surface area contributed by atoms with E-state index in [-0.39, 0.29) is 17.1 Å². The molecule has 0 atom stereocenters. The number of sulfonamides is 1. The zero-order chi connectivity index (χ0) is 14.0. The first-order valence-corrected chi connectivity index (χ1v) is 6.71. The van der Waals surface area contributed by atoms with E-state index in [1.807, 2.05) is 0 Å². The number of rotatable bonds is 4. The fourth-order valence-electron chi connectivity index (χ4n) is 1.50. The molecule has 19 heavy (non-hydrogen) atoms. The highest BCUT2D eigenvalue weighted by Crippen LogP contribution is 2.23. The van der Waals surface area contributed by atoms with E-state index in [1.165, 1.54) is 19.4 Å². The third-order valence-electron chi connectivity index (χ3n) is 2.50. The largest absolute Gasteiger partial charge is 0.398 e. The number of halogens is 1. The van der Waals surface area contributed by atoms with Crippen LogP contribution >= 0.6 is 0 Å². The number of nitrogens with zero attached hydrogens (tertiary/aromatic N) is 3. The van der Waals surface area contributed by atoms with E-state index in [0.717, 1.165) is 16.4 Å². The van der Waals surface area contributed by atoms with E-state index < -0.39 is 15.8 Å². The second-order valence-electron chi connectivity index (χ2n) is 3.88. The zero-order valence-electron chi connectivity index (χ0n) is 10.0. The molecule has 0 fully saturated rings. The number of anilines is 1. The zero-order valence-corrected chi connectivity index (χ0v) is 10.9. The average molecular weight is 285 g/mol. The summed E-state index contributed by atoms with van der Waals surface area (Å²) in [5.74, 6) is -0.290. The maximum absolute atomic E-state index is 13.2. The molecule has 0 amide bonds. The quantitative estimate of drug-likeness (QED) is 0.788. The van der Waals surface area contributed by atoms with Crippen LogP contribution in [0.1, 0.15) is 5.82 Å². The Balaban J connectivity index is 2.33. The summed E-state index contributed by atoms with van der Waals surface area (Å²) in [5.41, 5.74) is 5.57. The van der Waals surface area contributed by atoms with E-state index in [1.54, 1.807) is 0 Å². The number of benzene rings is 1. The van der Waals surface area contributed by atoms with Gasteiger partial charge < -0.3 is 5.73 Å². The minimum atomic E-state index is -3.89. The minimum Gasteiger partial charge on any atom is -0.398 e. The van der Waals surface area contributed by atoms with Gasteiger partial charge in [0.05, 0.1) is 12.2 Å². The molecular weight excluding hydrogens is 273 g/mol. The van der Waals surface area contributed by atoms with Gasteiger partial charge in [-0.25, -0.2) is 17.8 Å². The Labute approximate surface area is 109 Å². The van der Waals surface area contributed by atoms with Crippen molar-refractivity contribution in [1.29, 1.82) is 0 Å². The van der Waals surface area contributed by atoms with E-state index >= 15 is 0 Å². The Bertz CT molecular complexity index is 671. The molecule has 1 heterocycles. The van der Waals surface area contributed by atoms with Crippen LogP contribution in [0.15, 0.2) is 29.4 Å². The molecular formula is C10H12FN5O2S. The Morgan fingerprint density at radius 2 is 2.21 bits per heavy atom. The van der Waals surface area contributed by atoms with E-state index in [4.69, 9.17) is 5.73 Å².